The molecule has 0 aliphatic rings. The van der Waals surface area contributed by atoms with Crippen LogP contribution in [0.2, 0.25) is 0 Å². The molecular formula is C40H47ClMgO8. The van der Waals surface area contributed by atoms with Crippen molar-refractivity contribution in [1.82, 2.24) is 0 Å². The zero-order chi connectivity index (χ0) is 34.9. The maximum Gasteiger partial charge on any atom is 2.00 e. The summed E-state index contributed by atoms with van der Waals surface area (Å²) in [4.78, 5) is 11.7. The molecule has 0 aromatic heterocycles. The largest absolute Gasteiger partial charge is 2.00 e. The SMILES string of the molecule is C=CCC(O)(COCc1ccccc1)COc1ccc(OC)cc1.C=C[CH2-].COc1ccc(OCC(=O)COCc2ccccc2)cc1.[Cl-].[Mg+2]. The molecule has 0 saturated carbocycles. The van der Waals surface area contributed by atoms with E-state index in [9.17, 15) is 9.90 Å². The van der Waals surface area contributed by atoms with Gasteiger partial charge in [0.25, 0.3) is 0 Å². The molecule has 264 valence electrons. The van der Waals surface area contributed by atoms with Gasteiger partial charge < -0.3 is 45.9 Å². The number of ether oxygens (including phenoxy) is 6. The van der Waals surface area contributed by atoms with Crippen molar-refractivity contribution in [2.24, 2.45) is 0 Å². The zero-order valence-electron chi connectivity index (χ0n) is 29.0. The average molecular weight is 716 g/mol. The quantitative estimate of drug-likeness (QED) is 0.0937. The molecule has 0 amide bonds. The van der Waals surface area contributed by atoms with Crippen LogP contribution in [0, 0.1) is 6.92 Å². The van der Waals surface area contributed by atoms with Crippen molar-refractivity contribution in [2.75, 3.05) is 40.6 Å². The number of carbonyl (C=O) groups excluding carboxylic acids is 1. The smallest absolute Gasteiger partial charge is 1.00 e. The Kier molecular flexibility index (Phi) is 25.6. The Balaban J connectivity index is 0.000000864. The normalized spacial score (nSPS) is 10.8. The van der Waals surface area contributed by atoms with E-state index in [-0.39, 0.29) is 67.7 Å². The summed E-state index contributed by atoms with van der Waals surface area (Å²) in [6, 6.07) is 33.9. The number of rotatable bonds is 18. The van der Waals surface area contributed by atoms with Crippen molar-refractivity contribution in [3.63, 3.8) is 0 Å². The van der Waals surface area contributed by atoms with Gasteiger partial charge in [-0.1, -0.05) is 66.7 Å². The van der Waals surface area contributed by atoms with Gasteiger partial charge in [0.15, 0.2) is 5.78 Å². The van der Waals surface area contributed by atoms with E-state index in [1.807, 2.05) is 72.8 Å². The summed E-state index contributed by atoms with van der Waals surface area (Å²) in [5.41, 5.74) is 0.993. The van der Waals surface area contributed by atoms with Gasteiger partial charge in [0.1, 0.15) is 48.4 Å². The van der Waals surface area contributed by atoms with Crippen LogP contribution in [0.15, 0.2) is 135 Å². The summed E-state index contributed by atoms with van der Waals surface area (Å²) >= 11 is 0. The van der Waals surface area contributed by atoms with Crippen molar-refractivity contribution < 1.29 is 50.7 Å². The third-order valence-corrected chi connectivity index (χ3v) is 6.41. The van der Waals surface area contributed by atoms with Gasteiger partial charge in [0.2, 0.25) is 0 Å². The van der Waals surface area contributed by atoms with E-state index in [1.54, 1.807) is 56.7 Å². The van der Waals surface area contributed by atoms with Gasteiger partial charge in [0.05, 0.1) is 34.0 Å². The molecule has 0 aliphatic carbocycles. The molecule has 1 N–H and O–H groups in total. The van der Waals surface area contributed by atoms with Crippen molar-refractivity contribution in [3.05, 3.63) is 153 Å². The number of carbonyl (C=O) groups is 1. The van der Waals surface area contributed by atoms with Crippen molar-refractivity contribution in [2.45, 2.75) is 25.2 Å². The van der Waals surface area contributed by atoms with Crippen LogP contribution in [0.25, 0.3) is 0 Å². The number of benzene rings is 4. The second kappa shape index (κ2) is 27.8. The van der Waals surface area contributed by atoms with Gasteiger partial charge >= 0.3 is 23.1 Å². The molecule has 1 atom stereocenters. The Morgan fingerprint density at radius 2 is 1.10 bits per heavy atom. The molecule has 50 heavy (non-hydrogen) atoms. The molecule has 4 aromatic carbocycles. The molecule has 4 rings (SSSR count). The van der Waals surface area contributed by atoms with Crippen LogP contribution in [0.3, 0.4) is 0 Å². The van der Waals surface area contributed by atoms with Crippen LogP contribution < -0.4 is 31.4 Å². The van der Waals surface area contributed by atoms with Crippen molar-refractivity contribution in [3.8, 4) is 23.0 Å². The fraction of sp³-hybridized carbons (Fsp3) is 0.250. The van der Waals surface area contributed by atoms with E-state index >= 15 is 0 Å². The van der Waals surface area contributed by atoms with Crippen LogP contribution in [0.4, 0.5) is 0 Å². The minimum atomic E-state index is -1.11. The van der Waals surface area contributed by atoms with Gasteiger partial charge in [-0.05, 0) is 66.1 Å². The van der Waals surface area contributed by atoms with Crippen LogP contribution in [-0.4, -0.2) is 80.2 Å². The third-order valence-electron chi connectivity index (χ3n) is 6.41. The van der Waals surface area contributed by atoms with Crippen LogP contribution in [-0.2, 0) is 27.5 Å². The molecule has 0 saturated heterocycles. The Hall–Kier alpha value is -3.96. The fourth-order valence-electron chi connectivity index (χ4n) is 3.99. The predicted molar refractivity (Wildman–Crippen MR) is 195 cm³/mol. The monoisotopic (exact) mass is 714 g/mol. The first kappa shape index (κ1) is 46.0. The molecular weight excluding hydrogens is 668 g/mol. The summed E-state index contributed by atoms with van der Waals surface area (Å²) in [5.74, 6) is 2.71. The number of hydrogen-bond acceptors (Lipinski definition) is 8. The molecule has 10 heteroatoms. The van der Waals surface area contributed by atoms with E-state index in [0.29, 0.717) is 31.1 Å². The number of hydrogen-bond donors (Lipinski definition) is 1. The fourth-order valence-corrected chi connectivity index (χ4v) is 3.99. The molecule has 0 spiro atoms. The first-order valence-electron chi connectivity index (χ1n) is 15.4. The number of methoxy groups -OCH3 is 2. The Morgan fingerprint density at radius 1 is 0.680 bits per heavy atom. The summed E-state index contributed by atoms with van der Waals surface area (Å²) in [5, 5.41) is 10.7. The van der Waals surface area contributed by atoms with E-state index < -0.39 is 5.60 Å². The minimum Gasteiger partial charge on any atom is -1.00 e. The van der Waals surface area contributed by atoms with Crippen LogP contribution in [0.5, 0.6) is 23.0 Å². The topological polar surface area (TPSA) is 92.7 Å². The third kappa shape index (κ3) is 19.9. The predicted octanol–water partition coefficient (Wildman–Crippen LogP) is 4.09. The number of aliphatic hydroxyl groups is 1. The summed E-state index contributed by atoms with van der Waals surface area (Å²) < 4.78 is 32.3. The van der Waals surface area contributed by atoms with Gasteiger partial charge in [-0.2, -0.15) is 0 Å². The molecule has 1 unspecified atom stereocenters. The van der Waals surface area contributed by atoms with E-state index in [1.165, 1.54) is 6.08 Å². The van der Waals surface area contributed by atoms with E-state index in [2.05, 4.69) is 20.1 Å². The number of halogens is 1. The first-order chi connectivity index (χ1) is 23.3. The van der Waals surface area contributed by atoms with E-state index in [0.717, 1.165) is 22.6 Å². The second-order valence-electron chi connectivity index (χ2n) is 10.4. The maximum absolute atomic E-state index is 11.7. The second-order valence-corrected chi connectivity index (χ2v) is 10.4. The summed E-state index contributed by atoms with van der Waals surface area (Å²) in [6.07, 6.45) is 3.56. The standard InChI is InChI=1S/C20H24O4.C17H18O4.C3H5.ClH.Mg/c1-3-13-20(21,15-23-14-17-7-5-4-6-8-17)16-24-19-11-9-18(22-2)10-12-19;1-19-16-7-9-17(10-8-16)21-13-15(18)12-20-11-14-5-3-2-4-6-14;1-3-2;;/h3-12,21H,1,13-16H2,2H3;2-10H,11-13H2,1H3;3H,1-2H2;1H;/q;;-1;;+2/p-1. The molecule has 0 heterocycles. The first-order valence-corrected chi connectivity index (χ1v) is 15.4. The average Bonchev–Trinajstić information content (AvgIpc) is 3.12. The Labute approximate surface area is 319 Å². The molecule has 0 aliphatic heterocycles. The van der Waals surface area contributed by atoms with Crippen molar-refractivity contribution >= 4 is 28.8 Å². The van der Waals surface area contributed by atoms with Gasteiger partial charge in [-0.15, -0.1) is 6.58 Å². The van der Waals surface area contributed by atoms with Gasteiger partial charge in [-0.3, -0.25) is 4.79 Å². The number of ketones is 1. The molecule has 4 aromatic rings. The van der Waals surface area contributed by atoms with Crippen LogP contribution in [0.1, 0.15) is 17.5 Å². The molecule has 0 bridgehead atoms. The minimum absolute atomic E-state index is 0. The molecule has 0 fully saturated rings. The van der Waals surface area contributed by atoms with Crippen molar-refractivity contribution in [1.29, 1.82) is 0 Å². The summed E-state index contributed by atoms with van der Waals surface area (Å²) in [7, 11) is 3.21. The number of allylic oxidation sites excluding steroid dienone is 1. The van der Waals surface area contributed by atoms with Gasteiger partial charge in [0, 0.05) is 0 Å². The Bertz CT molecular complexity index is 1440. The number of Topliss-reactive ketones (excluding diaryl/α,β-unsaturated/α-hetero) is 1. The van der Waals surface area contributed by atoms with Crippen LogP contribution >= 0.6 is 0 Å². The van der Waals surface area contributed by atoms with E-state index in [4.69, 9.17) is 28.4 Å². The molecule has 8 nitrogen and oxygen atoms in total. The molecule has 0 radical (unpaired) electrons. The zero-order valence-corrected chi connectivity index (χ0v) is 31.2. The Morgan fingerprint density at radius 3 is 1.54 bits per heavy atom. The summed E-state index contributed by atoms with van der Waals surface area (Å²) in [6.45, 7) is 11.4. The maximum atomic E-state index is 11.7. The van der Waals surface area contributed by atoms with Gasteiger partial charge in [-0.25, -0.2) is 19.6 Å².